The first-order valence-corrected chi connectivity index (χ1v) is 9.99. The number of benzene rings is 2. The number of carbonyl (C=O) groups is 1. The molecule has 1 N–H and O–H groups in total. The third-order valence-electron chi connectivity index (χ3n) is 5.51. The van der Waals surface area contributed by atoms with Crippen LogP contribution in [0.5, 0.6) is 5.75 Å². The van der Waals surface area contributed by atoms with Crippen molar-refractivity contribution < 1.29 is 9.53 Å². The first kappa shape index (κ1) is 17.7. The molecule has 5 rings (SSSR count). The van der Waals surface area contributed by atoms with E-state index in [1.807, 2.05) is 42.5 Å². The molecule has 2 aromatic carbocycles. The van der Waals surface area contributed by atoms with Crippen LogP contribution in [0.15, 0.2) is 72.2 Å². The van der Waals surface area contributed by atoms with Crippen LogP contribution in [0.2, 0.25) is 0 Å². The molecule has 0 amide bonds. The summed E-state index contributed by atoms with van der Waals surface area (Å²) in [6.45, 7) is 0.623. The molecular formula is C23H22N4O2. The third kappa shape index (κ3) is 3.42. The molecule has 0 saturated heterocycles. The van der Waals surface area contributed by atoms with E-state index >= 15 is 0 Å². The number of ketones is 1. The van der Waals surface area contributed by atoms with Crippen molar-refractivity contribution in [2.45, 2.75) is 31.7 Å². The molecule has 29 heavy (non-hydrogen) atoms. The summed E-state index contributed by atoms with van der Waals surface area (Å²) in [4.78, 5) is 17.0. The molecule has 1 aliphatic carbocycles. The summed E-state index contributed by atoms with van der Waals surface area (Å²) in [6.07, 6.45) is 4.72. The molecule has 2 heterocycles. The van der Waals surface area contributed by atoms with Crippen molar-refractivity contribution in [2.75, 3.05) is 11.9 Å². The van der Waals surface area contributed by atoms with Crippen molar-refractivity contribution in [3.63, 3.8) is 0 Å². The van der Waals surface area contributed by atoms with Gasteiger partial charge in [0.25, 0.3) is 0 Å². The summed E-state index contributed by atoms with van der Waals surface area (Å²) in [5, 5.41) is 7.66. The van der Waals surface area contributed by atoms with Crippen molar-refractivity contribution in [1.29, 1.82) is 0 Å². The summed E-state index contributed by atoms with van der Waals surface area (Å²) in [5.74, 6) is 1.70. The predicted molar refractivity (Wildman–Crippen MR) is 110 cm³/mol. The Balaban J connectivity index is 1.36. The average molecular weight is 386 g/mol. The van der Waals surface area contributed by atoms with Gasteiger partial charge in [-0.25, -0.2) is 4.68 Å². The number of fused-ring (bicyclic) bond motifs is 1. The van der Waals surface area contributed by atoms with Crippen LogP contribution < -0.4 is 10.1 Å². The second-order valence-electron chi connectivity index (χ2n) is 7.38. The van der Waals surface area contributed by atoms with E-state index in [-0.39, 0.29) is 11.8 Å². The maximum atomic E-state index is 12.7. The molecule has 1 unspecified atom stereocenters. The number of carbonyl (C=O) groups excluding carboxylic acids is 1. The van der Waals surface area contributed by atoms with Crippen molar-refractivity contribution in [1.82, 2.24) is 14.8 Å². The SMILES string of the molecule is O=C1CCCC2=C1C(c1ccc(OCCc3ccccc3)cc1)n1ncnc1N2. The highest BCUT2D eigenvalue weighted by atomic mass is 16.5. The second kappa shape index (κ2) is 7.54. The van der Waals surface area contributed by atoms with Gasteiger partial charge in [0.2, 0.25) is 5.95 Å². The fourth-order valence-corrected chi connectivity index (χ4v) is 4.08. The number of Topliss-reactive ketones (excluding diaryl/α,β-unsaturated/α-hetero) is 1. The summed E-state index contributed by atoms with van der Waals surface area (Å²) < 4.78 is 7.71. The van der Waals surface area contributed by atoms with Crippen LogP contribution in [0.4, 0.5) is 5.95 Å². The number of ether oxygens (including phenoxy) is 1. The Bertz CT molecular complexity index is 1050. The zero-order valence-corrected chi connectivity index (χ0v) is 16.0. The zero-order chi connectivity index (χ0) is 19.6. The minimum atomic E-state index is -0.241. The van der Waals surface area contributed by atoms with Gasteiger partial charge < -0.3 is 10.1 Å². The third-order valence-corrected chi connectivity index (χ3v) is 5.51. The van der Waals surface area contributed by atoms with Crippen molar-refractivity contribution in [3.8, 4) is 5.75 Å². The predicted octanol–water partition coefficient (Wildman–Crippen LogP) is 3.92. The lowest BCUT2D eigenvalue weighted by molar-refractivity contribution is -0.116. The number of nitrogens with zero attached hydrogens (tertiary/aromatic N) is 3. The summed E-state index contributed by atoms with van der Waals surface area (Å²) in [5.41, 5.74) is 4.06. The highest BCUT2D eigenvalue weighted by molar-refractivity contribution is 5.99. The lowest BCUT2D eigenvalue weighted by atomic mass is 9.85. The van der Waals surface area contributed by atoms with Gasteiger partial charge in [0.1, 0.15) is 18.1 Å². The Hall–Kier alpha value is -3.41. The minimum Gasteiger partial charge on any atom is -0.493 e. The number of anilines is 1. The van der Waals surface area contributed by atoms with E-state index in [9.17, 15) is 4.79 Å². The molecule has 146 valence electrons. The fourth-order valence-electron chi connectivity index (χ4n) is 4.08. The smallest absolute Gasteiger partial charge is 0.226 e. The highest BCUT2D eigenvalue weighted by Gasteiger charge is 2.35. The van der Waals surface area contributed by atoms with Crippen LogP contribution in [0, 0.1) is 0 Å². The Morgan fingerprint density at radius 2 is 1.90 bits per heavy atom. The Labute approximate surface area is 169 Å². The molecular weight excluding hydrogens is 364 g/mol. The van der Waals surface area contributed by atoms with Gasteiger partial charge in [0.05, 0.1) is 6.61 Å². The number of hydrogen-bond donors (Lipinski definition) is 1. The van der Waals surface area contributed by atoms with Gasteiger partial charge in [-0.2, -0.15) is 10.1 Å². The van der Waals surface area contributed by atoms with Crippen LogP contribution in [0.25, 0.3) is 0 Å². The van der Waals surface area contributed by atoms with E-state index in [1.54, 1.807) is 4.68 Å². The standard InChI is InChI=1S/C23H22N4O2/c28-20-8-4-7-19-21(20)22(27-23(26-19)24-15-25-27)17-9-11-18(12-10-17)29-14-13-16-5-2-1-3-6-16/h1-3,5-6,9-12,15,22H,4,7-8,13-14H2,(H,24,25,26). The van der Waals surface area contributed by atoms with Gasteiger partial charge in [0, 0.05) is 24.1 Å². The van der Waals surface area contributed by atoms with E-state index in [1.165, 1.54) is 11.9 Å². The number of hydrogen-bond acceptors (Lipinski definition) is 5. The van der Waals surface area contributed by atoms with Crippen LogP contribution in [0.1, 0.15) is 36.4 Å². The lowest BCUT2D eigenvalue weighted by Crippen LogP contribution is -2.31. The average Bonchev–Trinajstić information content (AvgIpc) is 3.22. The first-order chi connectivity index (χ1) is 14.3. The van der Waals surface area contributed by atoms with Gasteiger partial charge in [-0.3, -0.25) is 4.79 Å². The van der Waals surface area contributed by atoms with Gasteiger partial charge in [-0.15, -0.1) is 0 Å². The Morgan fingerprint density at radius 3 is 2.72 bits per heavy atom. The molecule has 1 atom stereocenters. The van der Waals surface area contributed by atoms with E-state index in [2.05, 4.69) is 27.5 Å². The number of nitrogens with one attached hydrogen (secondary N) is 1. The molecule has 0 radical (unpaired) electrons. The zero-order valence-electron chi connectivity index (χ0n) is 16.0. The Kier molecular flexibility index (Phi) is 4.60. The summed E-state index contributed by atoms with van der Waals surface area (Å²) >= 11 is 0. The Morgan fingerprint density at radius 1 is 1.07 bits per heavy atom. The maximum Gasteiger partial charge on any atom is 0.226 e. The van der Waals surface area contributed by atoms with Gasteiger partial charge in [-0.1, -0.05) is 42.5 Å². The maximum absolute atomic E-state index is 12.7. The van der Waals surface area contributed by atoms with Crippen molar-refractivity contribution in [3.05, 3.63) is 83.3 Å². The van der Waals surface area contributed by atoms with Crippen LogP contribution in [-0.2, 0) is 11.2 Å². The molecule has 1 aromatic heterocycles. The van der Waals surface area contributed by atoms with E-state index in [4.69, 9.17) is 4.74 Å². The normalized spacial score (nSPS) is 18.1. The van der Waals surface area contributed by atoms with Crippen LogP contribution >= 0.6 is 0 Å². The minimum absolute atomic E-state index is 0.188. The van der Waals surface area contributed by atoms with Crippen LogP contribution in [-0.4, -0.2) is 27.2 Å². The molecule has 3 aromatic rings. The number of allylic oxidation sites excluding steroid dienone is 2. The molecule has 1 aliphatic heterocycles. The van der Waals surface area contributed by atoms with E-state index in [0.717, 1.165) is 41.8 Å². The monoisotopic (exact) mass is 386 g/mol. The van der Waals surface area contributed by atoms with Gasteiger partial charge >= 0.3 is 0 Å². The van der Waals surface area contributed by atoms with Crippen molar-refractivity contribution >= 4 is 11.7 Å². The molecule has 0 saturated carbocycles. The molecule has 0 spiro atoms. The summed E-state index contributed by atoms with van der Waals surface area (Å²) in [6, 6.07) is 18.0. The molecule has 2 aliphatic rings. The number of aromatic nitrogens is 3. The highest BCUT2D eigenvalue weighted by Crippen LogP contribution is 2.39. The van der Waals surface area contributed by atoms with E-state index < -0.39 is 0 Å². The first-order valence-electron chi connectivity index (χ1n) is 9.99. The van der Waals surface area contributed by atoms with Gasteiger partial charge in [0.15, 0.2) is 5.78 Å². The topological polar surface area (TPSA) is 69.0 Å². The van der Waals surface area contributed by atoms with Crippen molar-refractivity contribution in [2.24, 2.45) is 0 Å². The molecule has 6 heteroatoms. The fraction of sp³-hybridized carbons (Fsp3) is 0.261. The van der Waals surface area contributed by atoms with Gasteiger partial charge in [-0.05, 0) is 36.1 Å². The quantitative estimate of drug-likeness (QED) is 0.720. The van der Waals surface area contributed by atoms with E-state index in [0.29, 0.717) is 19.0 Å². The largest absolute Gasteiger partial charge is 0.493 e. The lowest BCUT2D eigenvalue weighted by Gasteiger charge is -2.32. The van der Waals surface area contributed by atoms with Crippen LogP contribution in [0.3, 0.4) is 0 Å². The second-order valence-corrected chi connectivity index (χ2v) is 7.38. The molecule has 6 nitrogen and oxygen atoms in total. The summed E-state index contributed by atoms with van der Waals surface area (Å²) in [7, 11) is 0. The molecule has 0 bridgehead atoms. The molecule has 0 fully saturated rings. The number of rotatable bonds is 5.